The summed E-state index contributed by atoms with van der Waals surface area (Å²) in [6, 6.07) is 10.7. The molecule has 27 heavy (non-hydrogen) atoms. The van der Waals surface area contributed by atoms with Crippen LogP contribution in [0.2, 0.25) is 0 Å². The molecule has 2 heterocycles. The van der Waals surface area contributed by atoms with E-state index in [0.717, 1.165) is 21.3 Å². The van der Waals surface area contributed by atoms with Crippen LogP contribution in [0.4, 0.5) is 21.0 Å². The molecule has 0 radical (unpaired) electrons. The maximum atomic E-state index is 12.5. The first kappa shape index (κ1) is 17.3. The van der Waals surface area contributed by atoms with Crippen molar-refractivity contribution < 1.29 is 14.3 Å². The van der Waals surface area contributed by atoms with E-state index < -0.39 is 6.09 Å². The van der Waals surface area contributed by atoms with Crippen LogP contribution in [0, 0.1) is 0 Å². The summed E-state index contributed by atoms with van der Waals surface area (Å²) >= 11 is 3.54. The number of rotatable bonds is 2. The van der Waals surface area contributed by atoms with E-state index in [4.69, 9.17) is 4.74 Å². The SMILES string of the molecule is COC(=O)n1ncc2c(NC(=O)NN3CCc4c(Br)cccc43)cccc21. The summed E-state index contributed by atoms with van der Waals surface area (Å²) < 4.78 is 6.88. The first-order valence-corrected chi connectivity index (χ1v) is 9.05. The van der Waals surface area contributed by atoms with Gasteiger partial charge in [-0.15, -0.1) is 0 Å². The monoisotopic (exact) mass is 429 g/mol. The average molecular weight is 430 g/mol. The molecule has 0 unspecified atom stereocenters. The second-order valence-corrected chi connectivity index (χ2v) is 6.82. The van der Waals surface area contributed by atoms with Gasteiger partial charge in [-0.2, -0.15) is 9.78 Å². The maximum absolute atomic E-state index is 12.5. The number of benzene rings is 2. The Labute approximate surface area is 163 Å². The molecule has 2 aromatic carbocycles. The highest BCUT2D eigenvalue weighted by Gasteiger charge is 2.22. The number of halogens is 1. The number of urea groups is 1. The van der Waals surface area contributed by atoms with Crippen molar-refractivity contribution in [2.75, 3.05) is 24.0 Å². The number of amides is 2. The lowest BCUT2D eigenvalue weighted by Crippen LogP contribution is -2.43. The number of nitrogens with zero attached hydrogens (tertiary/aromatic N) is 3. The van der Waals surface area contributed by atoms with E-state index in [2.05, 4.69) is 31.8 Å². The Kier molecular flexibility index (Phi) is 4.44. The molecule has 1 aliphatic rings. The average Bonchev–Trinajstić information content (AvgIpc) is 3.27. The Hall–Kier alpha value is -3.07. The minimum atomic E-state index is -0.592. The number of aromatic nitrogens is 2. The summed E-state index contributed by atoms with van der Waals surface area (Å²) in [5, 5.41) is 9.30. The standard InChI is InChI=1S/C18H16BrN5O3/c1-27-18(26)24-16-7-3-5-14(12(16)10-20-24)21-17(25)22-23-9-8-11-13(19)4-2-6-15(11)23/h2-7,10H,8-9H2,1H3,(H2,21,22,25). The zero-order valence-corrected chi connectivity index (χ0v) is 16.0. The molecule has 0 saturated heterocycles. The third kappa shape index (κ3) is 3.10. The van der Waals surface area contributed by atoms with Crippen LogP contribution in [0.1, 0.15) is 5.56 Å². The Bertz CT molecular complexity index is 1050. The van der Waals surface area contributed by atoms with Crippen molar-refractivity contribution in [3.63, 3.8) is 0 Å². The van der Waals surface area contributed by atoms with Crippen molar-refractivity contribution >= 4 is 50.3 Å². The third-order valence-corrected chi connectivity index (χ3v) is 5.16. The number of anilines is 2. The number of hydrogen-bond acceptors (Lipinski definition) is 5. The van der Waals surface area contributed by atoms with Crippen LogP contribution in [0.25, 0.3) is 10.9 Å². The zero-order valence-electron chi connectivity index (χ0n) is 14.4. The lowest BCUT2D eigenvalue weighted by atomic mass is 10.2. The molecule has 8 nitrogen and oxygen atoms in total. The van der Waals surface area contributed by atoms with Crippen LogP contribution in [-0.2, 0) is 11.2 Å². The van der Waals surface area contributed by atoms with E-state index in [0.29, 0.717) is 23.1 Å². The minimum absolute atomic E-state index is 0.374. The Balaban J connectivity index is 1.54. The molecule has 0 saturated carbocycles. The van der Waals surface area contributed by atoms with Crippen LogP contribution < -0.4 is 15.8 Å². The van der Waals surface area contributed by atoms with Gasteiger partial charge in [0.15, 0.2) is 0 Å². The van der Waals surface area contributed by atoms with Crippen LogP contribution >= 0.6 is 15.9 Å². The molecular weight excluding hydrogens is 414 g/mol. The lowest BCUT2D eigenvalue weighted by Gasteiger charge is -2.21. The van der Waals surface area contributed by atoms with Gasteiger partial charge in [0.05, 0.1) is 30.2 Å². The molecule has 0 spiro atoms. The molecule has 0 bridgehead atoms. The highest BCUT2D eigenvalue weighted by atomic mass is 79.9. The van der Waals surface area contributed by atoms with Gasteiger partial charge in [-0.25, -0.2) is 15.0 Å². The highest BCUT2D eigenvalue weighted by molar-refractivity contribution is 9.10. The van der Waals surface area contributed by atoms with E-state index in [1.165, 1.54) is 18.9 Å². The number of nitrogens with one attached hydrogen (secondary N) is 2. The summed E-state index contributed by atoms with van der Waals surface area (Å²) in [5.74, 6) is 0. The summed E-state index contributed by atoms with van der Waals surface area (Å²) in [5.41, 5.74) is 6.10. The first-order valence-electron chi connectivity index (χ1n) is 8.26. The highest BCUT2D eigenvalue weighted by Crippen LogP contribution is 2.32. The molecule has 1 aliphatic heterocycles. The number of carbonyl (C=O) groups excluding carboxylic acids is 2. The molecule has 0 atom stereocenters. The van der Waals surface area contributed by atoms with Gasteiger partial charge in [0.25, 0.3) is 0 Å². The van der Waals surface area contributed by atoms with Gasteiger partial charge in [0.1, 0.15) is 0 Å². The molecule has 2 amide bonds. The number of carbonyl (C=O) groups is 2. The predicted molar refractivity (Wildman–Crippen MR) is 105 cm³/mol. The predicted octanol–water partition coefficient (Wildman–Crippen LogP) is 3.51. The summed E-state index contributed by atoms with van der Waals surface area (Å²) in [6.45, 7) is 0.690. The Morgan fingerprint density at radius 1 is 1.22 bits per heavy atom. The quantitative estimate of drug-likeness (QED) is 0.650. The molecule has 3 aromatic rings. The smallest absolute Gasteiger partial charge is 0.434 e. The molecule has 9 heteroatoms. The van der Waals surface area contributed by atoms with Crippen molar-refractivity contribution in [3.8, 4) is 0 Å². The topological polar surface area (TPSA) is 88.5 Å². The van der Waals surface area contributed by atoms with E-state index >= 15 is 0 Å². The normalized spacial score (nSPS) is 12.7. The van der Waals surface area contributed by atoms with E-state index in [-0.39, 0.29) is 6.03 Å². The van der Waals surface area contributed by atoms with Gasteiger partial charge in [0, 0.05) is 16.4 Å². The van der Waals surface area contributed by atoms with Crippen molar-refractivity contribution in [2.45, 2.75) is 6.42 Å². The van der Waals surface area contributed by atoms with E-state index in [9.17, 15) is 9.59 Å². The van der Waals surface area contributed by atoms with Gasteiger partial charge >= 0.3 is 12.1 Å². The maximum Gasteiger partial charge on any atom is 0.434 e. The largest absolute Gasteiger partial charge is 0.451 e. The molecule has 0 fully saturated rings. The van der Waals surface area contributed by atoms with Crippen LogP contribution in [0.5, 0.6) is 0 Å². The summed E-state index contributed by atoms with van der Waals surface area (Å²) in [7, 11) is 1.29. The fourth-order valence-corrected chi connectivity index (χ4v) is 3.73. The van der Waals surface area contributed by atoms with Crippen molar-refractivity contribution in [2.24, 2.45) is 0 Å². The van der Waals surface area contributed by atoms with Crippen LogP contribution in [0.15, 0.2) is 47.1 Å². The molecule has 1 aromatic heterocycles. The Morgan fingerprint density at radius 2 is 2.04 bits per heavy atom. The van der Waals surface area contributed by atoms with Crippen LogP contribution in [-0.4, -0.2) is 35.6 Å². The van der Waals surface area contributed by atoms with Gasteiger partial charge in [-0.3, -0.25) is 5.01 Å². The van der Waals surface area contributed by atoms with Gasteiger partial charge in [-0.1, -0.05) is 28.1 Å². The van der Waals surface area contributed by atoms with Crippen molar-refractivity contribution in [1.82, 2.24) is 15.2 Å². The van der Waals surface area contributed by atoms with Gasteiger partial charge in [-0.05, 0) is 36.2 Å². The first-order chi connectivity index (χ1) is 13.1. The van der Waals surface area contributed by atoms with E-state index in [1.807, 2.05) is 23.2 Å². The van der Waals surface area contributed by atoms with E-state index in [1.54, 1.807) is 18.2 Å². The number of fused-ring (bicyclic) bond motifs is 2. The fraction of sp³-hybridized carbons (Fsp3) is 0.167. The second-order valence-electron chi connectivity index (χ2n) is 5.97. The lowest BCUT2D eigenvalue weighted by molar-refractivity contribution is 0.170. The summed E-state index contributed by atoms with van der Waals surface area (Å²) in [4.78, 5) is 24.3. The second kappa shape index (κ2) is 6.92. The molecule has 2 N–H and O–H groups in total. The number of hydrogen-bond donors (Lipinski definition) is 2. The van der Waals surface area contributed by atoms with Gasteiger partial charge in [0.2, 0.25) is 0 Å². The fourth-order valence-electron chi connectivity index (χ4n) is 3.17. The summed E-state index contributed by atoms with van der Waals surface area (Å²) in [6.07, 6.45) is 1.77. The van der Waals surface area contributed by atoms with Crippen molar-refractivity contribution in [1.29, 1.82) is 0 Å². The molecular formula is C18H16BrN5O3. The number of methoxy groups -OCH3 is 1. The number of ether oxygens (including phenoxy) is 1. The zero-order chi connectivity index (χ0) is 19.0. The minimum Gasteiger partial charge on any atom is -0.451 e. The molecule has 0 aliphatic carbocycles. The third-order valence-electron chi connectivity index (χ3n) is 4.42. The van der Waals surface area contributed by atoms with Gasteiger partial charge < -0.3 is 10.1 Å². The van der Waals surface area contributed by atoms with Crippen LogP contribution in [0.3, 0.4) is 0 Å². The molecule has 138 valence electrons. The Morgan fingerprint density at radius 3 is 2.85 bits per heavy atom. The number of hydrazine groups is 1. The van der Waals surface area contributed by atoms with Crippen molar-refractivity contribution in [3.05, 3.63) is 52.6 Å². The molecule has 4 rings (SSSR count).